The average Bonchev–Trinajstić information content (AvgIpc) is 2.79. The van der Waals surface area contributed by atoms with Gasteiger partial charge in [-0.2, -0.15) is 4.98 Å². The third kappa shape index (κ3) is 3.57. The summed E-state index contributed by atoms with van der Waals surface area (Å²) >= 11 is 0. The van der Waals surface area contributed by atoms with Gasteiger partial charge in [0.15, 0.2) is 9.84 Å². The number of ether oxygens (including phenoxy) is 1. The fraction of sp³-hybridized carbons (Fsp3) is 0.800. The molecule has 0 spiro atoms. The highest BCUT2D eigenvalue weighted by Crippen LogP contribution is 2.12. The van der Waals surface area contributed by atoms with E-state index in [1.165, 1.54) is 4.68 Å². The third-order valence-electron chi connectivity index (χ3n) is 3.04. The van der Waals surface area contributed by atoms with Crippen molar-refractivity contribution < 1.29 is 13.2 Å². The van der Waals surface area contributed by atoms with E-state index >= 15 is 0 Å². The first kappa shape index (κ1) is 14.1. The first-order valence-corrected chi connectivity index (χ1v) is 8.07. The highest BCUT2D eigenvalue weighted by atomic mass is 32.2. The van der Waals surface area contributed by atoms with Crippen LogP contribution in [0, 0.1) is 0 Å². The molecule has 0 aromatic carbocycles. The van der Waals surface area contributed by atoms with Crippen LogP contribution in [0.1, 0.15) is 6.92 Å². The van der Waals surface area contributed by atoms with E-state index in [4.69, 9.17) is 10.5 Å². The van der Waals surface area contributed by atoms with E-state index in [9.17, 15) is 8.42 Å². The fourth-order valence-corrected chi connectivity index (χ4v) is 2.51. The summed E-state index contributed by atoms with van der Waals surface area (Å²) in [5, 5.41) is 4.26. The normalized spacial score (nSPS) is 16.8. The number of aromatic nitrogens is 3. The largest absolute Gasteiger partial charge is 0.378 e. The van der Waals surface area contributed by atoms with Crippen LogP contribution in [0.15, 0.2) is 0 Å². The maximum absolute atomic E-state index is 11.5. The Morgan fingerprint density at radius 1 is 1.37 bits per heavy atom. The zero-order valence-corrected chi connectivity index (χ0v) is 11.8. The number of rotatable bonds is 5. The summed E-state index contributed by atoms with van der Waals surface area (Å²) in [4.78, 5) is 6.14. The second-order valence-electron chi connectivity index (χ2n) is 4.33. The van der Waals surface area contributed by atoms with E-state index in [1.54, 1.807) is 6.92 Å². The summed E-state index contributed by atoms with van der Waals surface area (Å²) in [5.74, 6) is 0.930. The first-order valence-electron chi connectivity index (χ1n) is 6.25. The third-order valence-corrected chi connectivity index (χ3v) is 4.72. The molecule has 0 aliphatic carbocycles. The van der Waals surface area contributed by atoms with Crippen LogP contribution in [-0.2, 0) is 21.1 Å². The minimum absolute atomic E-state index is 0.0274. The van der Waals surface area contributed by atoms with Crippen molar-refractivity contribution in [3.8, 4) is 0 Å². The summed E-state index contributed by atoms with van der Waals surface area (Å²) in [6, 6.07) is 0. The van der Waals surface area contributed by atoms with Gasteiger partial charge in [0.1, 0.15) is 0 Å². The molecule has 2 heterocycles. The molecule has 108 valence electrons. The molecule has 1 aliphatic heterocycles. The molecule has 1 saturated heterocycles. The van der Waals surface area contributed by atoms with Crippen molar-refractivity contribution in [1.29, 1.82) is 0 Å². The van der Waals surface area contributed by atoms with Crippen molar-refractivity contribution in [2.45, 2.75) is 13.5 Å². The van der Waals surface area contributed by atoms with Crippen LogP contribution in [0.5, 0.6) is 0 Å². The number of anilines is 2. The fourth-order valence-electron chi connectivity index (χ4n) is 1.77. The Balaban J connectivity index is 2.04. The first-order chi connectivity index (χ1) is 9.02. The van der Waals surface area contributed by atoms with Gasteiger partial charge >= 0.3 is 0 Å². The summed E-state index contributed by atoms with van der Waals surface area (Å²) in [6.07, 6.45) is 0. The molecule has 19 heavy (non-hydrogen) atoms. The van der Waals surface area contributed by atoms with Crippen molar-refractivity contribution in [2.75, 3.05) is 48.4 Å². The smallest absolute Gasteiger partial charge is 0.246 e. The van der Waals surface area contributed by atoms with Crippen molar-refractivity contribution >= 4 is 21.7 Å². The molecule has 1 aliphatic rings. The monoisotopic (exact) mass is 289 g/mol. The molecule has 1 aromatic rings. The molecular weight excluding hydrogens is 270 g/mol. The molecule has 0 unspecified atom stereocenters. The van der Waals surface area contributed by atoms with Crippen LogP contribution in [0.25, 0.3) is 0 Å². The molecule has 0 saturated carbocycles. The molecule has 1 fully saturated rings. The lowest BCUT2D eigenvalue weighted by molar-refractivity contribution is 0.122. The van der Waals surface area contributed by atoms with Gasteiger partial charge in [-0.1, -0.05) is 6.92 Å². The molecule has 0 amide bonds. The van der Waals surface area contributed by atoms with Gasteiger partial charge in [0.2, 0.25) is 11.9 Å². The Labute approximate surface area is 112 Å². The molecule has 2 rings (SSSR count). The predicted molar refractivity (Wildman–Crippen MR) is 71.8 cm³/mol. The molecule has 0 radical (unpaired) electrons. The molecule has 0 bridgehead atoms. The van der Waals surface area contributed by atoms with Crippen LogP contribution in [0.2, 0.25) is 0 Å². The summed E-state index contributed by atoms with van der Waals surface area (Å²) < 4.78 is 29.6. The lowest BCUT2D eigenvalue weighted by Gasteiger charge is -2.25. The van der Waals surface area contributed by atoms with Crippen molar-refractivity contribution in [3.63, 3.8) is 0 Å². The second-order valence-corrected chi connectivity index (χ2v) is 6.80. The number of sulfone groups is 1. The minimum Gasteiger partial charge on any atom is -0.378 e. The predicted octanol–water partition coefficient (Wildman–Crippen LogP) is -0.868. The van der Waals surface area contributed by atoms with Crippen LogP contribution in [0.4, 0.5) is 11.9 Å². The van der Waals surface area contributed by atoms with Crippen LogP contribution in [-0.4, -0.2) is 61.0 Å². The number of aryl methyl sites for hydroxylation is 1. The van der Waals surface area contributed by atoms with E-state index in [0.717, 1.165) is 13.1 Å². The van der Waals surface area contributed by atoms with Gasteiger partial charge in [-0.3, -0.25) is 0 Å². The Bertz CT molecular complexity index is 521. The van der Waals surface area contributed by atoms with Gasteiger partial charge < -0.3 is 15.4 Å². The van der Waals surface area contributed by atoms with E-state index in [-0.39, 0.29) is 24.0 Å². The van der Waals surface area contributed by atoms with Gasteiger partial charge in [-0.05, 0) is 0 Å². The lowest BCUT2D eigenvalue weighted by Crippen LogP contribution is -2.37. The topological polar surface area (TPSA) is 103 Å². The number of hydrogen-bond donors (Lipinski definition) is 1. The SMILES string of the molecule is CCS(=O)(=O)CCn1nc(N2CCOCC2)nc1N. The Hall–Kier alpha value is -1.35. The molecule has 0 atom stereocenters. The number of nitrogen functional groups attached to an aromatic ring is 1. The highest BCUT2D eigenvalue weighted by molar-refractivity contribution is 7.91. The van der Waals surface area contributed by atoms with E-state index in [1.807, 2.05) is 4.90 Å². The lowest BCUT2D eigenvalue weighted by atomic mass is 10.4. The molecule has 8 nitrogen and oxygen atoms in total. The number of nitrogens with two attached hydrogens (primary N) is 1. The molecule has 9 heteroatoms. The van der Waals surface area contributed by atoms with E-state index < -0.39 is 9.84 Å². The maximum Gasteiger partial charge on any atom is 0.246 e. The van der Waals surface area contributed by atoms with Gasteiger partial charge in [0.25, 0.3) is 0 Å². The average molecular weight is 289 g/mol. The maximum atomic E-state index is 11.5. The summed E-state index contributed by atoms with van der Waals surface area (Å²) in [7, 11) is -3.03. The molecule has 2 N–H and O–H groups in total. The van der Waals surface area contributed by atoms with Gasteiger partial charge in [0.05, 0.1) is 25.5 Å². The number of morpholine rings is 1. The van der Waals surface area contributed by atoms with Gasteiger partial charge in [0, 0.05) is 18.8 Å². The Kier molecular flexibility index (Phi) is 4.25. The minimum atomic E-state index is -3.03. The van der Waals surface area contributed by atoms with Crippen LogP contribution >= 0.6 is 0 Å². The quantitative estimate of drug-likeness (QED) is 0.751. The Morgan fingerprint density at radius 2 is 2.05 bits per heavy atom. The second kappa shape index (κ2) is 5.74. The zero-order chi connectivity index (χ0) is 13.9. The van der Waals surface area contributed by atoms with Crippen molar-refractivity contribution in [2.24, 2.45) is 0 Å². The van der Waals surface area contributed by atoms with Gasteiger partial charge in [-0.15, -0.1) is 5.10 Å². The number of hydrogen-bond acceptors (Lipinski definition) is 7. The summed E-state index contributed by atoms with van der Waals surface area (Å²) in [5.41, 5.74) is 5.76. The standard InChI is InChI=1S/C10H19N5O3S/c1-2-19(16,17)8-5-15-9(11)12-10(13-15)14-3-6-18-7-4-14/h2-8H2,1H3,(H2,11,12,13). The van der Waals surface area contributed by atoms with Crippen molar-refractivity contribution in [3.05, 3.63) is 0 Å². The summed E-state index contributed by atoms with van der Waals surface area (Å²) in [6.45, 7) is 4.57. The van der Waals surface area contributed by atoms with E-state index in [0.29, 0.717) is 19.2 Å². The van der Waals surface area contributed by atoms with E-state index in [2.05, 4.69) is 10.1 Å². The number of nitrogens with zero attached hydrogens (tertiary/aromatic N) is 4. The zero-order valence-electron chi connectivity index (χ0n) is 10.9. The Morgan fingerprint density at radius 3 is 2.68 bits per heavy atom. The molecule has 1 aromatic heterocycles. The highest BCUT2D eigenvalue weighted by Gasteiger charge is 2.18. The molecular formula is C10H19N5O3S. The van der Waals surface area contributed by atoms with Crippen LogP contribution in [0.3, 0.4) is 0 Å². The van der Waals surface area contributed by atoms with Crippen LogP contribution < -0.4 is 10.6 Å². The van der Waals surface area contributed by atoms with Crippen molar-refractivity contribution in [1.82, 2.24) is 14.8 Å². The van der Waals surface area contributed by atoms with Gasteiger partial charge in [-0.25, -0.2) is 13.1 Å².